The van der Waals surface area contributed by atoms with Gasteiger partial charge in [0.2, 0.25) is 10.0 Å². The predicted molar refractivity (Wildman–Crippen MR) is 101 cm³/mol. The summed E-state index contributed by atoms with van der Waals surface area (Å²) in [5.74, 6) is -1.38. The van der Waals surface area contributed by atoms with Gasteiger partial charge in [0, 0.05) is 18.3 Å². The van der Waals surface area contributed by atoms with Gasteiger partial charge in [-0.05, 0) is 29.8 Å². The first kappa shape index (κ1) is 19.7. The van der Waals surface area contributed by atoms with E-state index in [-0.39, 0.29) is 11.4 Å². The Hall–Kier alpha value is -4.04. The Bertz CT molecular complexity index is 1230. The van der Waals surface area contributed by atoms with Gasteiger partial charge in [-0.3, -0.25) is 14.9 Å². The molecule has 146 valence electrons. The lowest BCUT2D eigenvalue weighted by Gasteiger charge is -2.06. The molecule has 3 aromatic rings. The normalized spacial score (nSPS) is 10.9. The van der Waals surface area contributed by atoms with Crippen molar-refractivity contribution >= 4 is 21.6 Å². The van der Waals surface area contributed by atoms with Gasteiger partial charge in [0.1, 0.15) is 0 Å². The Morgan fingerprint density at radius 2 is 1.93 bits per heavy atom. The van der Waals surface area contributed by atoms with Crippen LogP contribution in [0.2, 0.25) is 0 Å². The van der Waals surface area contributed by atoms with E-state index in [0.717, 1.165) is 0 Å². The van der Waals surface area contributed by atoms with E-state index < -0.39 is 26.6 Å². The topological polar surface area (TPSA) is 148 Å². The number of nitriles is 1. The van der Waals surface area contributed by atoms with Crippen LogP contribution >= 0.6 is 0 Å². The third-order valence-corrected chi connectivity index (χ3v) is 5.02. The highest BCUT2D eigenvalue weighted by Crippen LogP contribution is 2.16. The molecule has 0 saturated heterocycles. The molecule has 0 aliphatic carbocycles. The Balaban J connectivity index is 1.73. The second-order valence-electron chi connectivity index (χ2n) is 5.92. The summed E-state index contributed by atoms with van der Waals surface area (Å²) in [6.07, 6.45) is 1.39. The number of nitrogens with one attached hydrogen (secondary N) is 1. The third kappa shape index (κ3) is 4.82. The predicted octanol–water partition coefficient (Wildman–Crippen LogP) is 1.91. The van der Waals surface area contributed by atoms with E-state index in [1.165, 1.54) is 59.4 Å². The molecule has 0 unspecified atom stereocenters. The third-order valence-electron chi connectivity index (χ3n) is 3.81. The molecule has 0 aliphatic heterocycles. The highest BCUT2D eigenvalue weighted by molar-refractivity contribution is 7.89. The molecular weight excluding hydrogens is 398 g/mol. The van der Waals surface area contributed by atoms with Crippen LogP contribution in [0.15, 0.2) is 60.8 Å². The highest BCUT2D eigenvalue weighted by atomic mass is 32.2. The maximum absolute atomic E-state index is 12.3. The number of benzene rings is 2. The summed E-state index contributed by atoms with van der Waals surface area (Å²) >= 11 is 0. The van der Waals surface area contributed by atoms with Crippen molar-refractivity contribution in [3.8, 4) is 11.8 Å². The van der Waals surface area contributed by atoms with Crippen LogP contribution in [0.5, 0.6) is 0 Å². The molecule has 0 saturated carbocycles. The summed E-state index contributed by atoms with van der Waals surface area (Å²) in [5.41, 5.74) is 0.834. The van der Waals surface area contributed by atoms with E-state index in [2.05, 4.69) is 5.10 Å². The zero-order chi connectivity index (χ0) is 21.0. The number of nitro benzene ring substituents is 1. The standard InChI is InChI=1S/C18H13N5O5S/c19-11-13-4-6-14(7-5-13)12-29(27,28)21-18(24)17-8-9-22(20-17)15-2-1-3-16(10-15)23(25)26/h1-10H,12H2,(H,21,24). The molecular formula is C18H13N5O5S. The molecule has 0 bridgehead atoms. The molecule has 10 nitrogen and oxygen atoms in total. The van der Waals surface area contributed by atoms with Crippen molar-refractivity contribution in [2.24, 2.45) is 0 Å². The monoisotopic (exact) mass is 411 g/mol. The smallest absolute Gasteiger partial charge is 0.266 e. The van der Waals surface area contributed by atoms with Crippen molar-refractivity contribution in [3.05, 3.63) is 87.7 Å². The molecule has 0 atom stereocenters. The van der Waals surface area contributed by atoms with E-state index in [1.807, 2.05) is 10.8 Å². The van der Waals surface area contributed by atoms with Gasteiger partial charge in [0.25, 0.3) is 11.6 Å². The van der Waals surface area contributed by atoms with Crippen LogP contribution in [0.4, 0.5) is 5.69 Å². The summed E-state index contributed by atoms with van der Waals surface area (Å²) in [4.78, 5) is 22.6. The molecule has 0 spiro atoms. The summed E-state index contributed by atoms with van der Waals surface area (Å²) in [5, 5.41) is 23.6. The first-order chi connectivity index (χ1) is 13.8. The first-order valence-electron chi connectivity index (χ1n) is 8.12. The average Bonchev–Trinajstić information content (AvgIpc) is 3.18. The quantitative estimate of drug-likeness (QED) is 0.481. The lowest BCUT2D eigenvalue weighted by atomic mass is 10.2. The number of carbonyl (C=O) groups excluding carboxylic acids is 1. The van der Waals surface area contributed by atoms with Crippen molar-refractivity contribution in [3.63, 3.8) is 0 Å². The Morgan fingerprint density at radius 1 is 1.21 bits per heavy atom. The van der Waals surface area contributed by atoms with Crippen LogP contribution < -0.4 is 4.72 Å². The maximum atomic E-state index is 12.3. The first-order valence-corrected chi connectivity index (χ1v) is 9.77. The molecule has 2 aromatic carbocycles. The summed E-state index contributed by atoms with van der Waals surface area (Å²) in [6, 6.07) is 14.8. The number of nitro groups is 1. The Labute approximate surface area is 165 Å². The van der Waals surface area contributed by atoms with Crippen LogP contribution in [0, 0.1) is 21.4 Å². The van der Waals surface area contributed by atoms with Crippen LogP contribution in [0.1, 0.15) is 21.6 Å². The Kier molecular flexibility index (Phi) is 5.38. The Morgan fingerprint density at radius 3 is 2.59 bits per heavy atom. The molecule has 0 radical (unpaired) electrons. The minimum absolute atomic E-state index is 0.144. The lowest BCUT2D eigenvalue weighted by molar-refractivity contribution is -0.384. The number of rotatable bonds is 6. The summed E-state index contributed by atoms with van der Waals surface area (Å²) in [6.45, 7) is 0. The number of carbonyl (C=O) groups is 1. The molecule has 1 amide bonds. The second-order valence-corrected chi connectivity index (χ2v) is 7.64. The molecule has 1 heterocycles. The SMILES string of the molecule is N#Cc1ccc(CS(=O)(=O)NC(=O)c2ccn(-c3cccc([N+](=O)[O-])c3)n2)cc1. The molecule has 1 aromatic heterocycles. The maximum Gasteiger partial charge on any atom is 0.285 e. The lowest BCUT2D eigenvalue weighted by Crippen LogP contribution is -2.32. The van der Waals surface area contributed by atoms with Gasteiger partial charge >= 0.3 is 0 Å². The minimum Gasteiger partial charge on any atom is -0.266 e. The molecule has 0 aliphatic rings. The average molecular weight is 411 g/mol. The van der Waals surface area contributed by atoms with Crippen molar-refractivity contribution < 1.29 is 18.1 Å². The minimum atomic E-state index is -4.00. The second kappa shape index (κ2) is 7.91. The number of non-ortho nitro benzene ring substituents is 1. The van der Waals surface area contributed by atoms with Gasteiger partial charge in [-0.1, -0.05) is 18.2 Å². The van der Waals surface area contributed by atoms with Crippen LogP contribution in [0.25, 0.3) is 5.69 Å². The fourth-order valence-electron chi connectivity index (χ4n) is 2.46. The van der Waals surface area contributed by atoms with Crippen LogP contribution in [-0.2, 0) is 15.8 Å². The van der Waals surface area contributed by atoms with Crippen molar-refractivity contribution in [2.45, 2.75) is 5.75 Å². The van der Waals surface area contributed by atoms with E-state index in [0.29, 0.717) is 16.8 Å². The molecule has 3 rings (SSSR count). The molecule has 11 heteroatoms. The number of hydrogen-bond donors (Lipinski definition) is 1. The fraction of sp³-hybridized carbons (Fsp3) is 0.0556. The summed E-state index contributed by atoms with van der Waals surface area (Å²) < 4.78 is 27.6. The van der Waals surface area contributed by atoms with Gasteiger partial charge in [-0.25, -0.2) is 17.8 Å². The molecule has 29 heavy (non-hydrogen) atoms. The van der Waals surface area contributed by atoms with Gasteiger partial charge < -0.3 is 0 Å². The number of amides is 1. The van der Waals surface area contributed by atoms with E-state index >= 15 is 0 Å². The number of nitrogens with zero attached hydrogens (tertiary/aromatic N) is 4. The van der Waals surface area contributed by atoms with Crippen molar-refractivity contribution in [2.75, 3.05) is 0 Å². The zero-order valence-electron chi connectivity index (χ0n) is 14.7. The number of aromatic nitrogens is 2. The van der Waals surface area contributed by atoms with Gasteiger partial charge in [-0.2, -0.15) is 10.4 Å². The van der Waals surface area contributed by atoms with E-state index in [4.69, 9.17) is 5.26 Å². The highest BCUT2D eigenvalue weighted by Gasteiger charge is 2.19. The number of sulfonamides is 1. The summed E-state index contributed by atoms with van der Waals surface area (Å²) in [7, 11) is -4.00. The molecule has 1 N–H and O–H groups in total. The van der Waals surface area contributed by atoms with Crippen LogP contribution in [-0.4, -0.2) is 29.0 Å². The van der Waals surface area contributed by atoms with Gasteiger partial charge in [0.15, 0.2) is 5.69 Å². The van der Waals surface area contributed by atoms with Crippen molar-refractivity contribution in [1.82, 2.24) is 14.5 Å². The molecule has 0 fully saturated rings. The fourth-order valence-corrected chi connectivity index (χ4v) is 3.55. The van der Waals surface area contributed by atoms with E-state index in [1.54, 1.807) is 6.07 Å². The largest absolute Gasteiger partial charge is 0.285 e. The zero-order valence-corrected chi connectivity index (χ0v) is 15.5. The van der Waals surface area contributed by atoms with Crippen LogP contribution in [0.3, 0.4) is 0 Å². The number of hydrogen-bond acceptors (Lipinski definition) is 7. The van der Waals surface area contributed by atoms with E-state index in [9.17, 15) is 23.3 Å². The van der Waals surface area contributed by atoms with Gasteiger partial charge in [0.05, 0.1) is 28.0 Å². The van der Waals surface area contributed by atoms with Gasteiger partial charge in [-0.15, -0.1) is 0 Å². The van der Waals surface area contributed by atoms with Crippen molar-refractivity contribution in [1.29, 1.82) is 5.26 Å².